The second kappa shape index (κ2) is 8.37. The Kier molecular flexibility index (Phi) is 5.84. The maximum atomic E-state index is 12.2. The molecule has 0 saturated heterocycles. The van der Waals surface area contributed by atoms with E-state index in [-0.39, 0.29) is 18.9 Å². The Morgan fingerprint density at radius 1 is 1.03 bits per heavy atom. The third kappa shape index (κ3) is 4.76. The molecule has 0 atom stereocenters. The Labute approximate surface area is 174 Å². The van der Waals surface area contributed by atoms with E-state index in [0.717, 1.165) is 23.4 Å². The van der Waals surface area contributed by atoms with Crippen LogP contribution in [0.3, 0.4) is 0 Å². The largest absolute Gasteiger partial charge is 0.449 e. The Morgan fingerprint density at radius 3 is 2.17 bits per heavy atom. The van der Waals surface area contributed by atoms with Gasteiger partial charge < -0.3 is 15.4 Å². The van der Waals surface area contributed by atoms with Crippen LogP contribution in [0.15, 0.2) is 24.3 Å². The lowest BCUT2D eigenvalue weighted by molar-refractivity contribution is -0.116. The van der Waals surface area contributed by atoms with Crippen LogP contribution in [0.2, 0.25) is 0 Å². The van der Waals surface area contributed by atoms with Crippen molar-refractivity contribution in [1.82, 2.24) is 5.32 Å². The molecule has 4 aliphatic rings. The van der Waals surface area contributed by atoms with Gasteiger partial charge in [-0.3, -0.25) is 4.79 Å². The Bertz CT molecular complexity index is 706. The van der Waals surface area contributed by atoms with Crippen molar-refractivity contribution in [2.75, 3.05) is 18.5 Å². The van der Waals surface area contributed by atoms with Crippen molar-refractivity contribution in [3.63, 3.8) is 0 Å². The summed E-state index contributed by atoms with van der Waals surface area (Å²) < 4.78 is 5.04. The normalized spacial score (nSPS) is 29.7. The molecule has 0 aromatic heterocycles. The van der Waals surface area contributed by atoms with Gasteiger partial charge in [-0.2, -0.15) is 0 Å². The summed E-state index contributed by atoms with van der Waals surface area (Å²) >= 11 is 0. The van der Waals surface area contributed by atoms with Crippen LogP contribution in [0.1, 0.15) is 64.4 Å². The monoisotopic (exact) mass is 398 g/mol. The summed E-state index contributed by atoms with van der Waals surface area (Å²) in [5.41, 5.74) is 2.67. The molecule has 4 aliphatic carbocycles. The van der Waals surface area contributed by atoms with E-state index in [9.17, 15) is 9.59 Å². The van der Waals surface area contributed by atoms with Crippen molar-refractivity contribution in [1.29, 1.82) is 0 Å². The van der Waals surface area contributed by atoms with E-state index in [1.54, 1.807) is 0 Å². The number of benzene rings is 1. The lowest BCUT2D eigenvalue weighted by Gasteiger charge is -2.57. The van der Waals surface area contributed by atoms with Crippen LogP contribution in [-0.2, 0) is 14.9 Å². The van der Waals surface area contributed by atoms with Gasteiger partial charge in [-0.25, -0.2) is 4.79 Å². The molecule has 29 heavy (non-hydrogen) atoms. The number of carbonyl (C=O) groups is 2. The molecule has 4 saturated carbocycles. The van der Waals surface area contributed by atoms with Crippen LogP contribution in [-0.4, -0.2) is 25.2 Å². The van der Waals surface area contributed by atoms with E-state index in [1.807, 2.05) is 26.0 Å². The molecule has 1 aromatic rings. The van der Waals surface area contributed by atoms with E-state index in [4.69, 9.17) is 4.74 Å². The summed E-state index contributed by atoms with van der Waals surface area (Å²) in [6.07, 6.45) is 8.17. The second-order valence-corrected chi connectivity index (χ2v) is 9.99. The highest BCUT2D eigenvalue weighted by molar-refractivity contribution is 5.91. The fourth-order valence-corrected chi connectivity index (χ4v) is 6.17. The SMILES string of the molecule is CC(C)COC(=O)NCCC(=O)Nc1ccc(C23CC4CC(CC(C4)C2)C3)cc1. The standard InChI is InChI=1S/C24H34N2O3/c1-16(2)15-29-23(28)25-8-7-22(27)26-21-5-3-20(4-6-21)24-12-17-9-18(13-24)11-19(10-17)14-24/h3-6,16-19H,7-15H2,1-2H3,(H,25,28)(H,26,27). The van der Waals surface area contributed by atoms with Crippen molar-refractivity contribution in [3.05, 3.63) is 29.8 Å². The van der Waals surface area contributed by atoms with Crippen molar-refractivity contribution in [3.8, 4) is 0 Å². The molecule has 0 spiro atoms. The molecule has 2 N–H and O–H groups in total. The van der Waals surface area contributed by atoms with Gasteiger partial charge in [-0.1, -0.05) is 26.0 Å². The number of anilines is 1. The maximum absolute atomic E-state index is 12.2. The van der Waals surface area contributed by atoms with E-state index >= 15 is 0 Å². The summed E-state index contributed by atoms with van der Waals surface area (Å²) in [7, 11) is 0. The molecule has 5 heteroatoms. The van der Waals surface area contributed by atoms with Crippen LogP contribution in [0.4, 0.5) is 10.5 Å². The number of amides is 2. The quantitative estimate of drug-likeness (QED) is 0.689. The van der Waals surface area contributed by atoms with Crippen molar-refractivity contribution < 1.29 is 14.3 Å². The van der Waals surface area contributed by atoms with E-state index < -0.39 is 6.09 Å². The molecular formula is C24H34N2O3. The molecule has 0 unspecified atom stereocenters. The first-order valence-corrected chi connectivity index (χ1v) is 11.2. The molecule has 2 amide bonds. The number of alkyl carbamates (subject to hydrolysis) is 1. The number of nitrogens with one attached hydrogen (secondary N) is 2. The van der Waals surface area contributed by atoms with Crippen LogP contribution in [0, 0.1) is 23.7 Å². The summed E-state index contributed by atoms with van der Waals surface area (Å²) in [5, 5.41) is 5.55. The summed E-state index contributed by atoms with van der Waals surface area (Å²) in [6.45, 7) is 4.62. The molecule has 1 aromatic carbocycles. The first kappa shape index (κ1) is 20.2. The third-order valence-electron chi connectivity index (χ3n) is 6.99. The Balaban J connectivity index is 1.26. The third-order valence-corrected chi connectivity index (χ3v) is 6.99. The lowest BCUT2D eigenvalue weighted by Crippen LogP contribution is -2.48. The predicted molar refractivity (Wildman–Crippen MR) is 114 cm³/mol. The molecule has 5 rings (SSSR count). The zero-order valence-corrected chi connectivity index (χ0v) is 17.7. The van der Waals surface area contributed by atoms with Crippen LogP contribution >= 0.6 is 0 Å². The highest BCUT2D eigenvalue weighted by atomic mass is 16.5. The maximum Gasteiger partial charge on any atom is 0.407 e. The molecule has 0 heterocycles. The number of ether oxygens (including phenoxy) is 1. The molecule has 4 bridgehead atoms. The smallest absolute Gasteiger partial charge is 0.407 e. The Morgan fingerprint density at radius 2 is 1.62 bits per heavy atom. The summed E-state index contributed by atoms with van der Waals surface area (Å²) in [4.78, 5) is 23.7. The van der Waals surface area contributed by atoms with Gasteiger partial charge in [-0.05, 0) is 85.3 Å². The summed E-state index contributed by atoms with van der Waals surface area (Å²) in [5.74, 6) is 2.99. The van der Waals surface area contributed by atoms with E-state index in [1.165, 1.54) is 44.1 Å². The van der Waals surface area contributed by atoms with Crippen molar-refractivity contribution in [2.45, 2.75) is 64.2 Å². The average molecular weight is 399 g/mol. The highest BCUT2D eigenvalue weighted by Gasteiger charge is 2.51. The molecule has 5 nitrogen and oxygen atoms in total. The minimum Gasteiger partial charge on any atom is -0.449 e. The van der Waals surface area contributed by atoms with Gasteiger partial charge in [0.1, 0.15) is 0 Å². The lowest BCUT2D eigenvalue weighted by atomic mass is 9.48. The fourth-order valence-electron chi connectivity index (χ4n) is 6.17. The highest BCUT2D eigenvalue weighted by Crippen LogP contribution is 2.60. The van der Waals surface area contributed by atoms with Gasteiger partial charge in [0.2, 0.25) is 5.91 Å². The Hall–Kier alpha value is -2.04. The number of hydrogen-bond donors (Lipinski definition) is 2. The van der Waals surface area contributed by atoms with Gasteiger partial charge >= 0.3 is 6.09 Å². The fraction of sp³-hybridized carbons (Fsp3) is 0.667. The number of rotatable bonds is 7. The molecule has 158 valence electrons. The van der Waals surface area contributed by atoms with Crippen LogP contribution in [0.25, 0.3) is 0 Å². The first-order chi connectivity index (χ1) is 13.9. The van der Waals surface area contributed by atoms with Gasteiger partial charge in [-0.15, -0.1) is 0 Å². The number of hydrogen-bond acceptors (Lipinski definition) is 3. The minimum absolute atomic E-state index is 0.100. The van der Waals surface area contributed by atoms with Gasteiger partial charge in [0.15, 0.2) is 0 Å². The molecular weight excluding hydrogens is 364 g/mol. The average Bonchev–Trinajstić information content (AvgIpc) is 2.66. The predicted octanol–water partition coefficient (Wildman–Crippen LogP) is 4.87. The number of carbonyl (C=O) groups excluding carboxylic acids is 2. The van der Waals surface area contributed by atoms with Crippen LogP contribution in [0.5, 0.6) is 0 Å². The van der Waals surface area contributed by atoms with Gasteiger partial charge in [0.05, 0.1) is 6.61 Å². The van der Waals surface area contributed by atoms with Gasteiger partial charge in [0, 0.05) is 18.7 Å². The van der Waals surface area contributed by atoms with Crippen molar-refractivity contribution in [2.24, 2.45) is 23.7 Å². The van der Waals surface area contributed by atoms with Gasteiger partial charge in [0.25, 0.3) is 0 Å². The molecule has 4 fully saturated rings. The van der Waals surface area contributed by atoms with Crippen molar-refractivity contribution >= 4 is 17.7 Å². The minimum atomic E-state index is -0.466. The summed E-state index contributed by atoms with van der Waals surface area (Å²) in [6, 6.07) is 8.53. The van der Waals surface area contributed by atoms with E-state index in [2.05, 4.69) is 22.8 Å². The molecule has 0 aliphatic heterocycles. The zero-order chi connectivity index (χ0) is 20.4. The van der Waals surface area contributed by atoms with E-state index in [0.29, 0.717) is 17.9 Å². The molecule has 0 radical (unpaired) electrons. The van der Waals surface area contributed by atoms with Crippen LogP contribution < -0.4 is 10.6 Å². The second-order valence-electron chi connectivity index (χ2n) is 9.99. The zero-order valence-electron chi connectivity index (χ0n) is 17.7. The first-order valence-electron chi connectivity index (χ1n) is 11.2. The topological polar surface area (TPSA) is 67.4 Å².